The van der Waals surface area contributed by atoms with E-state index in [-0.39, 0.29) is 11.7 Å². The van der Waals surface area contributed by atoms with E-state index in [9.17, 15) is 9.18 Å². The maximum atomic E-state index is 13.2. The van der Waals surface area contributed by atoms with E-state index in [1.165, 1.54) is 12.1 Å². The number of aryl methyl sites for hydroxylation is 1. The second kappa shape index (κ2) is 6.15. The minimum Gasteiger partial charge on any atom is -0.321 e. The minimum atomic E-state index is -0.267. The Morgan fingerprint density at radius 1 is 1.08 bits per heavy atom. The maximum Gasteiger partial charge on any atom is 0.256 e. The Morgan fingerprint density at radius 2 is 1.81 bits per heavy atom. The molecule has 1 aliphatic heterocycles. The number of nitrogens with zero attached hydrogens (tertiary/aromatic N) is 1. The van der Waals surface area contributed by atoms with Crippen LogP contribution in [0.15, 0.2) is 48.5 Å². The Hall–Kier alpha value is -2.85. The van der Waals surface area contributed by atoms with E-state index >= 15 is 0 Å². The first-order chi connectivity index (χ1) is 12.4. The highest BCUT2D eigenvalue weighted by Crippen LogP contribution is 2.35. The zero-order valence-corrected chi connectivity index (χ0v) is 15.1. The van der Waals surface area contributed by atoms with E-state index in [1.54, 1.807) is 24.3 Å². The highest BCUT2D eigenvalue weighted by Gasteiger charge is 2.24. The third-order valence-corrected chi connectivity index (χ3v) is 4.85. The Kier molecular flexibility index (Phi) is 3.93. The average molecular weight is 367 g/mol. The van der Waals surface area contributed by atoms with E-state index in [1.807, 2.05) is 36.6 Å². The van der Waals surface area contributed by atoms with Gasteiger partial charge in [0.1, 0.15) is 5.82 Å². The van der Waals surface area contributed by atoms with Gasteiger partial charge in [0.25, 0.3) is 5.91 Å². The molecule has 2 heterocycles. The van der Waals surface area contributed by atoms with Crippen LogP contribution in [0.25, 0.3) is 17.3 Å². The molecule has 130 valence electrons. The number of aromatic nitrogens is 1. The highest BCUT2D eigenvalue weighted by molar-refractivity contribution is 6.36. The van der Waals surface area contributed by atoms with Crippen LogP contribution in [-0.2, 0) is 4.79 Å². The van der Waals surface area contributed by atoms with Gasteiger partial charge in [-0.3, -0.25) is 4.79 Å². The van der Waals surface area contributed by atoms with Crippen molar-refractivity contribution in [1.29, 1.82) is 0 Å². The summed E-state index contributed by atoms with van der Waals surface area (Å²) in [6.07, 6.45) is 1.89. The second-order valence-electron chi connectivity index (χ2n) is 6.34. The number of fused-ring (bicyclic) bond motifs is 1. The summed E-state index contributed by atoms with van der Waals surface area (Å²) in [4.78, 5) is 12.4. The van der Waals surface area contributed by atoms with Gasteiger partial charge in [0.15, 0.2) is 0 Å². The molecule has 5 heteroatoms. The summed E-state index contributed by atoms with van der Waals surface area (Å²) in [6.45, 7) is 3.97. The van der Waals surface area contributed by atoms with E-state index in [4.69, 9.17) is 11.6 Å². The molecule has 0 saturated heterocycles. The first-order valence-electron chi connectivity index (χ1n) is 8.22. The number of benzene rings is 2. The lowest BCUT2D eigenvalue weighted by Crippen LogP contribution is -2.03. The molecule has 4 rings (SSSR count). The monoisotopic (exact) mass is 366 g/mol. The van der Waals surface area contributed by atoms with Crippen LogP contribution in [0.5, 0.6) is 0 Å². The molecule has 26 heavy (non-hydrogen) atoms. The van der Waals surface area contributed by atoms with Crippen LogP contribution < -0.4 is 5.32 Å². The van der Waals surface area contributed by atoms with E-state index < -0.39 is 0 Å². The van der Waals surface area contributed by atoms with Gasteiger partial charge in [0.2, 0.25) is 0 Å². The molecule has 1 aromatic heterocycles. The van der Waals surface area contributed by atoms with Crippen molar-refractivity contribution in [3.8, 4) is 5.69 Å². The lowest BCUT2D eigenvalue weighted by Gasteiger charge is -2.09. The third-order valence-electron chi connectivity index (χ3n) is 4.62. The highest BCUT2D eigenvalue weighted by atomic mass is 35.5. The Labute approximate surface area is 155 Å². The van der Waals surface area contributed by atoms with Crippen molar-refractivity contribution in [2.45, 2.75) is 13.8 Å². The van der Waals surface area contributed by atoms with Crippen molar-refractivity contribution in [1.82, 2.24) is 4.57 Å². The predicted octanol–water partition coefficient (Wildman–Crippen LogP) is 5.38. The summed E-state index contributed by atoms with van der Waals surface area (Å²) in [5, 5.41) is 3.43. The van der Waals surface area contributed by atoms with Crippen LogP contribution in [0.4, 0.5) is 10.1 Å². The maximum absolute atomic E-state index is 13.2. The lowest BCUT2D eigenvalue weighted by molar-refractivity contribution is -0.110. The SMILES string of the molecule is Cc1cc(C=C2C(=O)Nc3cc(Cl)ccc32)c(C)n1-c1ccc(F)cc1. The molecule has 0 spiro atoms. The van der Waals surface area contributed by atoms with Crippen LogP contribution in [0.2, 0.25) is 5.02 Å². The molecular weight excluding hydrogens is 351 g/mol. The molecule has 0 radical (unpaired) electrons. The molecule has 3 aromatic rings. The number of amides is 1. The Morgan fingerprint density at radius 3 is 2.54 bits per heavy atom. The summed E-state index contributed by atoms with van der Waals surface area (Å²) >= 11 is 6.01. The molecule has 1 aliphatic rings. The van der Waals surface area contributed by atoms with Crippen LogP contribution in [-0.4, -0.2) is 10.5 Å². The average Bonchev–Trinajstić information content (AvgIpc) is 3.05. The molecule has 1 N–H and O–H groups in total. The number of halogens is 2. The van der Waals surface area contributed by atoms with Gasteiger partial charge in [0, 0.05) is 33.2 Å². The summed E-state index contributed by atoms with van der Waals surface area (Å²) in [7, 11) is 0. The van der Waals surface area contributed by atoms with Crippen molar-refractivity contribution < 1.29 is 9.18 Å². The first-order valence-corrected chi connectivity index (χ1v) is 8.59. The topological polar surface area (TPSA) is 34.0 Å². The summed E-state index contributed by atoms with van der Waals surface area (Å²) < 4.78 is 15.3. The fourth-order valence-electron chi connectivity index (χ4n) is 3.39. The number of anilines is 1. The number of carbonyl (C=O) groups excluding carboxylic acids is 1. The molecule has 0 unspecified atom stereocenters. The van der Waals surface area contributed by atoms with Crippen molar-refractivity contribution in [2.75, 3.05) is 5.32 Å². The van der Waals surface area contributed by atoms with Gasteiger partial charge in [-0.2, -0.15) is 0 Å². The molecule has 0 aliphatic carbocycles. The van der Waals surface area contributed by atoms with Crippen LogP contribution in [0, 0.1) is 19.7 Å². The number of hydrogen-bond acceptors (Lipinski definition) is 1. The number of hydrogen-bond donors (Lipinski definition) is 1. The molecule has 0 fully saturated rings. The summed E-state index contributed by atoms with van der Waals surface area (Å²) in [5.74, 6) is -0.412. The number of rotatable bonds is 2. The predicted molar refractivity (Wildman–Crippen MR) is 103 cm³/mol. The van der Waals surface area contributed by atoms with Crippen molar-refractivity contribution in [3.05, 3.63) is 81.9 Å². The van der Waals surface area contributed by atoms with Crippen molar-refractivity contribution in [2.24, 2.45) is 0 Å². The molecule has 0 bridgehead atoms. The molecule has 0 saturated carbocycles. The van der Waals surface area contributed by atoms with E-state index in [0.29, 0.717) is 10.6 Å². The van der Waals surface area contributed by atoms with E-state index in [2.05, 4.69) is 5.32 Å². The first kappa shape index (κ1) is 16.6. The van der Waals surface area contributed by atoms with Gasteiger partial charge in [0.05, 0.1) is 5.69 Å². The van der Waals surface area contributed by atoms with Crippen LogP contribution >= 0.6 is 11.6 Å². The summed E-state index contributed by atoms with van der Waals surface area (Å²) in [5.41, 5.74) is 5.99. The van der Waals surface area contributed by atoms with Gasteiger partial charge in [-0.25, -0.2) is 4.39 Å². The van der Waals surface area contributed by atoms with Crippen LogP contribution in [0.1, 0.15) is 22.5 Å². The fourth-order valence-corrected chi connectivity index (χ4v) is 3.56. The molecule has 0 atom stereocenters. The quantitative estimate of drug-likeness (QED) is 0.607. The zero-order chi connectivity index (χ0) is 18.4. The van der Waals surface area contributed by atoms with Crippen molar-refractivity contribution >= 4 is 34.8 Å². The number of carbonyl (C=O) groups is 1. The van der Waals surface area contributed by atoms with Crippen LogP contribution in [0.3, 0.4) is 0 Å². The number of nitrogens with one attached hydrogen (secondary N) is 1. The van der Waals surface area contributed by atoms with Gasteiger partial charge < -0.3 is 9.88 Å². The summed E-state index contributed by atoms with van der Waals surface area (Å²) in [6, 6.07) is 13.8. The fraction of sp³-hybridized carbons (Fsp3) is 0.0952. The van der Waals surface area contributed by atoms with Gasteiger partial charge in [-0.1, -0.05) is 17.7 Å². The van der Waals surface area contributed by atoms with Gasteiger partial charge in [-0.05, 0) is 68.0 Å². The standard InChI is InChI=1S/C21H16ClFN2O/c1-12-9-14(13(2)25(12)17-6-4-16(23)5-7-17)10-19-18-8-3-15(22)11-20(18)24-21(19)26/h3-11H,1-2H3,(H,24,26). The third kappa shape index (κ3) is 2.72. The van der Waals surface area contributed by atoms with Gasteiger partial charge >= 0.3 is 0 Å². The molecule has 1 amide bonds. The molecule has 2 aromatic carbocycles. The second-order valence-corrected chi connectivity index (χ2v) is 6.78. The van der Waals surface area contributed by atoms with Crippen molar-refractivity contribution in [3.63, 3.8) is 0 Å². The normalized spacial score (nSPS) is 14.6. The van der Waals surface area contributed by atoms with E-state index in [0.717, 1.165) is 33.9 Å². The Balaban J connectivity index is 1.81. The molecular formula is C21H16ClFN2O. The minimum absolute atomic E-state index is 0.145. The lowest BCUT2D eigenvalue weighted by atomic mass is 10.0. The largest absolute Gasteiger partial charge is 0.321 e. The van der Waals surface area contributed by atoms with Gasteiger partial charge in [-0.15, -0.1) is 0 Å². The smallest absolute Gasteiger partial charge is 0.256 e. The molecule has 3 nitrogen and oxygen atoms in total. The Bertz CT molecular complexity index is 1060. The zero-order valence-electron chi connectivity index (χ0n) is 14.3.